The van der Waals surface area contributed by atoms with Crippen molar-refractivity contribution in [2.24, 2.45) is 17.8 Å². The predicted octanol–water partition coefficient (Wildman–Crippen LogP) is 6.43. The van der Waals surface area contributed by atoms with Crippen molar-refractivity contribution in [3.63, 3.8) is 0 Å². The summed E-state index contributed by atoms with van der Waals surface area (Å²) in [6.45, 7) is 21.0. The molecule has 0 radical (unpaired) electrons. The summed E-state index contributed by atoms with van der Waals surface area (Å²) in [5.74, 6) is 1.35. The Morgan fingerprint density at radius 1 is 1.00 bits per heavy atom. The first-order chi connectivity index (χ1) is 10.8. The van der Waals surface area contributed by atoms with Crippen molar-refractivity contribution in [3.8, 4) is 0 Å². The van der Waals surface area contributed by atoms with E-state index in [2.05, 4.69) is 96.5 Å². The predicted molar refractivity (Wildman–Crippen MR) is 106 cm³/mol. The fraction of sp³-hybridized carbons (Fsp3) is 0.545. The summed E-state index contributed by atoms with van der Waals surface area (Å²) in [6.07, 6.45) is 15.5. The van der Waals surface area contributed by atoms with Gasteiger partial charge in [-0.05, 0) is 52.4 Å². The molecule has 23 heavy (non-hydrogen) atoms. The Kier molecular flexibility index (Phi) is 11.2. The average Bonchev–Trinajstić information content (AvgIpc) is 2.48. The highest BCUT2D eigenvalue weighted by Crippen LogP contribution is 2.18. The van der Waals surface area contributed by atoms with E-state index in [9.17, 15) is 0 Å². The quantitative estimate of drug-likeness (QED) is 0.433. The van der Waals surface area contributed by atoms with E-state index >= 15 is 0 Å². The maximum absolute atomic E-state index is 4.13. The smallest absolute Gasteiger partial charge is 0.0292 e. The minimum absolute atomic E-state index is 0.358. The van der Waals surface area contributed by atoms with Crippen LogP contribution >= 0.6 is 0 Å². The van der Waals surface area contributed by atoms with Gasteiger partial charge in [0.25, 0.3) is 0 Å². The van der Waals surface area contributed by atoms with Crippen molar-refractivity contribution in [1.29, 1.82) is 0 Å². The third-order valence-electron chi connectivity index (χ3n) is 4.17. The Bertz CT molecular complexity index is 437. The lowest BCUT2D eigenvalue weighted by atomic mass is 9.93. The molecule has 0 aliphatic heterocycles. The highest BCUT2D eigenvalue weighted by atomic mass is 14.9. The van der Waals surface area contributed by atoms with E-state index in [1.165, 1.54) is 5.57 Å². The standard InChI is InChI=1S/C22H37N/c1-9-13-21(18(5)6)15-11-12-16-22(14-10-2)20(8)23-19(7)17(3)4/h9-11,13-15,17,20-23H,5,7,12,16H2,1-4,6,8H3/b13-9-,14-10?,15-11-. The van der Waals surface area contributed by atoms with E-state index in [1.807, 2.05) is 0 Å². The Morgan fingerprint density at radius 3 is 2.09 bits per heavy atom. The van der Waals surface area contributed by atoms with E-state index < -0.39 is 0 Å². The van der Waals surface area contributed by atoms with Crippen molar-refractivity contribution in [2.75, 3.05) is 0 Å². The molecule has 0 spiro atoms. The minimum Gasteiger partial charge on any atom is -0.386 e. The van der Waals surface area contributed by atoms with Crippen molar-refractivity contribution < 1.29 is 0 Å². The minimum atomic E-state index is 0.358. The van der Waals surface area contributed by atoms with E-state index in [0.29, 0.717) is 23.8 Å². The zero-order valence-corrected chi connectivity index (χ0v) is 16.1. The molecule has 0 saturated heterocycles. The van der Waals surface area contributed by atoms with Gasteiger partial charge in [-0.25, -0.2) is 0 Å². The molecule has 1 nitrogen and oxygen atoms in total. The topological polar surface area (TPSA) is 12.0 Å². The molecule has 130 valence electrons. The molecular formula is C22H37N. The third kappa shape index (κ3) is 9.28. The second-order valence-electron chi connectivity index (χ2n) is 6.71. The molecule has 0 aromatic rings. The van der Waals surface area contributed by atoms with Gasteiger partial charge in [-0.1, -0.05) is 69.0 Å². The highest BCUT2D eigenvalue weighted by Gasteiger charge is 2.14. The van der Waals surface area contributed by atoms with Crippen LogP contribution in [0.4, 0.5) is 0 Å². The van der Waals surface area contributed by atoms with Crippen LogP contribution in [0.1, 0.15) is 54.4 Å². The molecule has 1 heteroatoms. The number of hydrogen-bond donors (Lipinski definition) is 1. The Morgan fingerprint density at radius 2 is 1.61 bits per heavy atom. The molecule has 3 unspecified atom stereocenters. The van der Waals surface area contributed by atoms with E-state index in [-0.39, 0.29) is 0 Å². The molecule has 3 atom stereocenters. The zero-order chi connectivity index (χ0) is 17.8. The molecule has 0 aromatic heterocycles. The SMILES string of the molecule is C=C(NC(C)C(C=CC)CC/C=C\C(/C=C\C)C(=C)C)C(C)C. The largest absolute Gasteiger partial charge is 0.386 e. The second kappa shape index (κ2) is 12.0. The maximum atomic E-state index is 4.13. The zero-order valence-electron chi connectivity index (χ0n) is 16.1. The second-order valence-corrected chi connectivity index (χ2v) is 6.71. The maximum Gasteiger partial charge on any atom is 0.0292 e. The summed E-state index contributed by atoms with van der Waals surface area (Å²) >= 11 is 0. The highest BCUT2D eigenvalue weighted by molar-refractivity contribution is 5.15. The van der Waals surface area contributed by atoms with Crippen molar-refractivity contribution in [3.05, 3.63) is 60.9 Å². The normalized spacial score (nSPS) is 16.3. The molecule has 0 heterocycles. The number of allylic oxidation sites excluding steroid dienone is 7. The number of hydrogen-bond acceptors (Lipinski definition) is 1. The van der Waals surface area contributed by atoms with Gasteiger partial charge in [0.05, 0.1) is 0 Å². The van der Waals surface area contributed by atoms with Crippen LogP contribution in [0.3, 0.4) is 0 Å². The summed E-state index contributed by atoms with van der Waals surface area (Å²) < 4.78 is 0. The van der Waals surface area contributed by atoms with Gasteiger partial charge >= 0.3 is 0 Å². The summed E-state index contributed by atoms with van der Waals surface area (Å²) in [6, 6.07) is 0.405. The lowest BCUT2D eigenvalue weighted by Gasteiger charge is -2.25. The fourth-order valence-electron chi connectivity index (χ4n) is 2.46. The van der Waals surface area contributed by atoms with Crippen LogP contribution in [-0.2, 0) is 0 Å². The summed E-state index contributed by atoms with van der Waals surface area (Å²) in [5, 5.41) is 3.56. The molecule has 0 aliphatic carbocycles. The van der Waals surface area contributed by atoms with E-state index in [1.54, 1.807) is 0 Å². The molecular weight excluding hydrogens is 278 g/mol. The van der Waals surface area contributed by atoms with Gasteiger partial charge in [0.1, 0.15) is 0 Å². The van der Waals surface area contributed by atoms with Gasteiger partial charge in [0.2, 0.25) is 0 Å². The Hall–Kier alpha value is -1.50. The van der Waals surface area contributed by atoms with Gasteiger partial charge < -0.3 is 5.32 Å². The van der Waals surface area contributed by atoms with Gasteiger partial charge in [-0.3, -0.25) is 0 Å². The van der Waals surface area contributed by atoms with Gasteiger partial charge in [-0.15, -0.1) is 0 Å². The number of nitrogens with one attached hydrogen (secondary N) is 1. The first-order valence-electron chi connectivity index (χ1n) is 8.86. The van der Waals surface area contributed by atoms with Crippen LogP contribution in [0.5, 0.6) is 0 Å². The van der Waals surface area contributed by atoms with E-state index in [4.69, 9.17) is 0 Å². The van der Waals surface area contributed by atoms with Crippen molar-refractivity contribution >= 4 is 0 Å². The molecule has 0 aromatic carbocycles. The first kappa shape index (κ1) is 21.5. The molecule has 1 N–H and O–H groups in total. The van der Waals surface area contributed by atoms with Crippen LogP contribution in [-0.4, -0.2) is 6.04 Å². The van der Waals surface area contributed by atoms with Gasteiger partial charge in [0.15, 0.2) is 0 Å². The molecule has 0 amide bonds. The van der Waals surface area contributed by atoms with Crippen LogP contribution < -0.4 is 5.32 Å². The third-order valence-corrected chi connectivity index (χ3v) is 4.17. The summed E-state index contributed by atoms with van der Waals surface area (Å²) in [7, 11) is 0. The fourth-order valence-corrected chi connectivity index (χ4v) is 2.46. The Labute approximate surface area is 145 Å². The van der Waals surface area contributed by atoms with E-state index in [0.717, 1.165) is 18.5 Å². The molecule has 0 saturated carbocycles. The van der Waals surface area contributed by atoms with Gasteiger partial charge in [-0.2, -0.15) is 0 Å². The van der Waals surface area contributed by atoms with Crippen molar-refractivity contribution in [2.45, 2.75) is 60.4 Å². The van der Waals surface area contributed by atoms with Crippen LogP contribution in [0.15, 0.2) is 60.9 Å². The molecule has 0 fully saturated rings. The summed E-state index contributed by atoms with van der Waals surface area (Å²) in [5.41, 5.74) is 2.31. The summed E-state index contributed by atoms with van der Waals surface area (Å²) in [4.78, 5) is 0. The van der Waals surface area contributed by atoms with Gasteiger partial charge in [0, 0.05) is 17.7 Å². The van der Waals surface area contributed by atoms with Crippen molar-refractivity contribution in [1.82, 2.24) is 5.32 Å². The lowest BCUT2D eigenvalue weighted by Crippen LogP contribution is -2.33. The van der Waals surface area contributed by atoms with Crippen LogP contribution in [0.2, 0.25) is 0 Å². The number of rotatable bonds is 11. The Balaban J connectivity index is 4.59. The van der Waals surface area contributed by atoms with Crippen LogP contribution in [0.25, 0.3) is 0 Å². The lowest BCUT2D eigenvalue weighted by molar-refractivity contribution is 0.430. The van der Waals surface area contributed by atoms with Crippen LogP contribution in [0, 0.1) is 17.8 Å². The molecule has 0 bridgehead atoms. The molecule has 0 aliphatic rings. The average molecular weight is 316 g/mol. The first-order valence-corrected chi connectivity index (χ1v) is 8.86. The molecule has 0 rings (SSSR count). The monoisotopic (exact) mass is 315 g/mol.